The van der Waals surface area contributed by atoms with Crippen LogP contribution in [0.4, 0.5) is 34.1 Å². The molecule has 97 heavy (non-hydrogen) atoms. The number of anilines is 6. The molecule has 0 radical (unpaired) electrons. The topological polar surface area (TPSA) is 16.3 Å². The molecule has 2 aromatic heterocycles. The highest BCUT2D eigenvalue weighted by Gasteiger charge is 2.46. The molecule has 0 fully saturated rings. The molecule has 0 saturated carbocycles. The van der Waals surface area contributed by atoms with Crippen molar-refractivity contribution in [2.45, 2.75) is 131 Å². The van der Waals surface area contributed by atoms with E-state index in [4.69, 9.17) is 0 Å². The first-order chi connectivity index (χ1) is 46.3. The largest absolute Gasteiger partial charge is 0.311 e. The first-order valence-corrected chi connectivity index (χ1v) is 34.9. The number of fused-ring (bicyclic) bond motifs is 10. The van der Waals surface area contributed by atoms with E-state index in [1.165, 1.54) is 133 Å². The second-order valence-corrected chi connectivity index (χ2v) is 32.7. The van der Waals surface area contributed by atoms with Crippen LogP contribution in [0.25, 0.3) is 88.4 Å². The number of hydrogen-bond donors (Lipinski definition) is 0. The second-order valence-electron chi connectivity index (χ2n) is 32.7. The zero-order valence-corrected chi connectivity index (χ0v) is 59.1. The molecule has 0 spiro atoms. The highest BCUT2D eigenvalue weighted by atomic mass is 15.2. The Morgan fingerprint density at radius 2 is 0.670 bits per heavy atom. The van der Waals surface area contributed by atoms with E-state index < -0.39 is 0 Å². The summed E-state index contributed by atoms with van der Waals surface area (Å²) < 4.78 is 5.01. The lowest BCUT2D eigenvalue weighted by Gasteiger charge is -2.46. The molecule has 0 bridgehead atoms. The summed E-state index contributed by atoms with van der Waals surface area (Å²) in [5.74, 6) is 0. The Labute approximate surface area is 574 Å². The van der Waals surface area contributed by atoms with Gasteiger partial charge in [-0.1, -0.05) is 268 Å². The molecule has 478 valence electrons. The minimum absolute atomic E-state index is 0.0669. The molecule has 16 rings (SSSR count). The fourth-order valence-electron chi connectivity index (χ4n) is 15.6. The lowest BCUT2D eigenvalue weighted by Crippen LogP contribution is -2.61. The molecule has 0 aliphatic carbocycles. The molecule has 5 heteroatoms. The van der Waals surface area contributed by atoms with E-state index in [9.17, 15) is 0 Å². The predicted molar refractivity (Wildman–Crippen MR) is 419 cm³/mol. The van der Waals surface area contributed by atoms with Crippen LogP contribution in [-0.2, 0) is 27.1 Å². The lowest BCUT2D eigenvalue weighted by molar-refractivity contribution is 0.569. The van der Waals surface area contributed by atoms with Gasteiger partial charge in [0.15, 0.2) is 0 Å². The highest BCUT2D eigenvalue weighted by molar-refractivity contribution is 7.00. The molecule has 2 aliphatic heterocycles. The van der Waals surface area contributed by atoms with Gasteiger partial charge in [0.05, 0.1) is 33.4 Å². The molecular formula is C92H87BN4. The van der Waals surface area contributed by atoms with Gasteiger partial charge >= 0.3 is 0 Å². The maximum Gasteiger partial charge on any atom is 0.252 e. The van der Waals surface area contributed by atoms with Crippen molar-refractivity contribution in [3.8, 4) is 44.8 Å². The maximum atomic E-state index is 2.69. The lowest BCUT2D eigenvalue weighted by atomic mass is 9.33. The summed E-state index contributed by atoms with van der Waals surface area (Å²) in [6.45, 7) is 35.1. The normalized spacial score (nSPS) is 13.5. The van der Waals surface area contributed by atoms with Crippen LogP contribution in [-0.4, -0.2) is 15.8 Å². The number of nitrogens with zero attached hydrogens (tertiary/aromatic N) is 4. The minimum atomic E-state index is -0.249. The van der Waals surface area contributed by atoms with E-state index in [2.05, 4.69) is 378 Å². The van der Waals surface area contributed by atoms with Crippen LogP contribution in [0.15, 0.2) is 255 Å². The molecule has 0 N–H and O–H groups in total. The summed E-state index contributed by atoms with van der Waals surface area (Å²) in [4.78, 5) is 5.35. The highest BCUT2D eigenvalue weighted by Crippen LogP contribution is 2.52. The van der Waals surface area contributed by atoms with Crippen LogP contribution in [0.5, 0.6) is 0 Å². The SMILES string of the molecule is CC(C)(C)c1cc(-c2ccc3c(c2)B2c4ccc(-n5c6ccccc6c6cc7c8ccccc8n(-c8ccccc8)c7cc65)cc4N(c4ccc(C(C)(C)C)cc4-c4ccccc4)c4cc(C(C)(C)C)cc(c42)N3c2ccc(C(C)(C)C)cc2-c2ccccc2)cc(C(C)(C)C)c1. The van der Waals surface area contributed by atoms with Gasteiger partial charge < -0.3 is 18.9 Å². The number of aromatic nitrogens is 2. The van der Waals surface area contributed by atoms with Crippen LogP contribution in [0.1, 0.15) is 132 Å². The second kappa shape index (κ2) is 22.2. The molecule has 4 heterocycles. The van der Waals surface area contributed by atoms with Gasteiger partial charge in [-0.05, 0) is 185 Å². The van der Waals surface area contributed by atoms with Gasteiger partial charge in [-0.15, -0.1) is 0 Å². The quantitative estimate of drug-likeness (QED) is 0.148. The van der Waals surface area contributed by atoms with Crippen molar-refractivity contribution in [2.24, 2.45) is 0 Å². The minimum Gasteiger partial charge on any atom is -0.311 e. The van der Waals surface area contributed by atoms with Gasteiger partial charge in [0, 0.05) is 66.8 Å². The first-order valence-electron chi connectivity index (χ1n) is 34.9. The molecule has 4 nitrogen and oxygen atoms in total. The fourth-order valence-corrected chi connectivity index (χ4v) is 15.6. The van der Waals surface area contributed by atoms with Crippen molar-refractivity contribution >= 4 is 101 Å². The van der Waals surface area contributed by atoms with Crippen molar-refractivity contribution in [1.29, 1.82) is 0 Å². The number of rotatable bonds is 7. The molecule has 0 atom stereocenters. The average Bonchev–Trinajstić information content (AvgIpc) is 0.873. The Morgan fingerprint density at radius 3 is 1.16 bits per heavy atom. The van der Waals surface area contributed by atoms with Crippen LogP contribution in [0, 0.1) is 0 Å². The van der Waals surface area contributed by atoms with Gasteiger partial charge in [-0.3, -0.25) is 0 Å². The van der Waals surface area contributed by atoms with Crippen LogP contribution < -0.4 is 26.2 Å². The van der Waals surface area contributed by atoms with Gasteiger partial charge in [0.2, 0.25) is 0 Å². The Morgan fingerprint density at radius 1 is 0.237 bits per heavy atom. The third-order valence-electron chi connectivity index (χ3n) is 21.0. The van der Waals surface area contributed by atoms with Gasteiger partial charge in [0.25, 0.3) is 6.71 Å². The average molecular weight is 1260 g/mol. The summed E-state index contributed by atoms with van der Waals surface area (Å²) in [6.07, 6.45) is 0. The Hall–Kier alpha value is -10.1. The molecular weight excluding hydrogens is 1170 g/mol. The first kappa shape index (κ1) is 61.8. The zero-order valence-electron chi connectivity index (χ0n) is 59.1. The fraction of sp³-hybridized carbons (Fsp3) is 0.217. The number of para-hydroxylation sites is 3. The van der Waals surface area contributed by atoms with Gasteiger partial charge in [0.1, 0.15) is 0 Å². The standard InChI is InChI=1S/C92H87BN4/c1-88(2,3)62-40-45-79(71(51-62)58-29-19-16-20-30-58)96-81-44-39-60(61-47-64(90(7,8)9)50-65(48-61)91(10,11)12)49-76(81)93-75-43-42-68(95-78-38-28-26-36-70(78)74-56-73-69-35-25-27-37-77(69)94(82(73)57-83(74)95)67-33-23-18-24-34-67)55-84(75)97(86-54-66(92(13,14)15)53-85(96)87(86)93)80-46-41-63(89(4,5)6)52-72(80)59-31-21-17-22-32-59/h16-57H,1-15H3. The summed E-state index contributed by atoms with van der Waals surface area (Å²) in [7, 11) is 0. The zero-order chi connectivity index (χ0) is 67.4. The summed E-state index contributed by atoms with van der Waals surface area (Å²) in [6, 6.07) is 98.1. The van der Waals surface area contributed by atoms with Crippen molar-refractivity contribution in [2.75, 3.05) is 9.80 Å². The summed E-state index contributed by atoms with van der Waals surface area (Å²) in [5.41, 5.74) is 31.0. The van der Waals surface area contributed by atoms with E-state index in [0.29, 0.717) is 0 Å². The Bertz CT molecular complexity index is 5440. The molecule has 14 aromatic rings. The molecule has 0 unspecified atom stereocenters. The van der Waals surface area contributed by atoms with Crippen molar-refractivity contribution in [3.63, 3.8) is 0 Å². The Kier molecular flexibility index (Phi) is 14.2. The third-order valence-corrected chi connectivity index (χ3v) is 21.0. The number of hydrogen-bond acceptors (Lipinski definition) is 2. The third kappa shape index (κ3) is 10.3. The summed E-state index contributed by atoms with van der Waals surface area (Å²) >= 11 is 0. The van der Waals surface area contributed by atoms with Crippen LogP contribution in [0.2, 0.25) is 0 Å². The predicted octanol–water partition coefficient (Wildman–Crippen LogP) is 23.5. The van der Waals surface area contributed by atoms with E-state index in [0.717, 1.165) is 34.0 Å². The maximum absolute atomic E-state index is 2.69. The van der Waals surface area contributed by atoms with Crippen molar-refractivity contribution in [3.05, 3.63) is 283 Å². The molecule has 0 saturated heterocycles. The van der Waals surface area contributed by atoms with E-state index in [-0.39, 0.29) is 33.8 Å². The van der Waals surface area contributed by atoms with Gasteiger partial charge in [-0.25, -0.2) is 0 Å². The van der Waals surface area contributed by atoms with Crippen LogP contribution >= 0.6 is 0 Å². The monoisotopic (exact) mass is 1260 g/mol. The van der Waals surface area contributed by atoms with E-state index in [1.54, 1.807) is 0 Å². The van der Waals surface area contributed by atoms with E-state index in [1.807, 2.05) is 0 Å². The molecule has 2 aliphatic rings. The molecule has 0 amide bonds. The molecule has 12 aromatic carbocycles. The smallest absolute Gasteiger partial charge is 0.252 e. The van der Waals surface area contributed by atoms with Crippen LogP contribution in [0.3, 0.4) is 0 Å². The van der Waals surface area contributed by atoms with Gasteiger partial charge in [-0.2, -0.15) is 0 Å². The van der Waals surface area contributed by atoms with Crippen molar-refractivity contribution in [1.82, 2.24) is 9.13 Å². The summed E-state index contributed by atoms with van der Waals surface area (Å²) in [5, 5.41) is 4.94. The number of benzene rings is 12. The Balaban J connectivity index is 1.05. The van der Waals surface area contributed by atoms with E-state index >= 15 is 0 Å². The van der Waals surface area contributed by atoms with Crippen molar-refractivity contribution < 1.29 is 0 Å².